The molecule has 0 bridgehead atoms. The molecule has 0 saturated carbocycles. The molecule has 1 fully saturated rings. The van der Waals surface area contributed by atoms with E-state index >= 15 is 0 Å². The molecular weight excluding hydrogens is 256 g/mol. The number of alkyl halides is 1. The van der Waals surface area contributed by atoms with Crippen LogP contribution in [0, 0.1) is 0 Å². The van der Waals surface area contributed by atoms with Crippen LogP contribution in [0.1, 0.15) is 35.3 Å². The molecule has 1 amide bonds. The van der Waals surface area contributed by atoms with Crippen LogP contribution in [0.15, 0.2) is 12.4 Å². The van der Waals surface area contributed by atoms with Gasteiger partial charge in [-0.3, -0.25) is 20.0 Å². The molecule has 3 atom stereocenters. The lowest BCUT2D eigenvalue weighted by atomic mass is 10.1. The summed E-state index contributed by atoms with van der Waals surface area (Å²) in [5.41, 5.74) is 0.567. The van der Waals surface area contributed by atoms with Gasteiger partial charge in [-0.25, -0.2) is 4.98 Å². The highest BCUT2D eigenvalue weighted by Gasteiger charge is 2.42. The third-order valence-electron chi connectivity index (χ3n) is 3.34. The van der Waals surface area contributed by atoms with E-state index in [1.54, 1.807) is 0 Å². The molecule has 7 heteroatoms. The molecule has 2 N–H and O–H groups in total. The fourth-order valence-corrected chi connectivity index (χ4v) is 2.64. The first-order chi connectivity index (χ1) is 8.68. The van der Waals surface area contributed by atoms with E-state index in [1.807, 2.05) is 0 Å². The molecule has 0 spiro atoms. The van der Waals surface area contributed by atoms with Crippen molar-refractivity contribution in [2.24, 2.45) is 0 Å². The molecule has 18 heavy (non-hydrogen) atoms. The summed E-state index contributed by atoms with van der Waals surface area (Å²) in [7, 11) is 0. The Morgan fingerprint density at radius 1 is 1.39 bits per heavy atom. The summed E-state index contributed by atoms with van der Waals surface area (Å²) in [4.78, 5) is 21.6. The molecule has 0 aromatic carbocycles. The molecule has 3 heterocycles. The Hall–Kier alpha value is -1.24. The van der Waals surface area contributed by atoms with Crippen LogP contribution in [0.3, 0.4) is 0 Å². The lowest BCUT2D eigenvalue weighted by Gasteiger charge is -2.35. The fourth-order valence-electron chi connectivity index (χ4n) is 2.42. The number of hydrogen-bond donors (Lipinski definition) is 2. The Labute approximate surface area is 109 Å². The maximum atomic E-state index is 12.2. The van der Waals surface area contributed by atoms with E-state index in [9.17, 15) is 9.90 Å². The van der Waals surface area contributed by atoms with Gasteiger partial charge in [-0.05, 0) is 12.8 Å². The summed E-state index contributed by atoms with van der Waals surface area (Å²) in [6, 6.07) is 0. The highest BCUT2D eigenvalue weighted by molar-refractivity contribution is 6.20. The van der Waals surface area contributed by atoms with E-state index in [0.717, 1.165) is 6.42 Å². The highest BCUT2D eigenvalue weighted by Crippen LogP contribution is 2.32. The van der Waals surface area contributed by atoms with Gasteiger partial charge >= 0.3 is 0 Å². The van der Waals surface area contributed by atoms with Crippen LogP contribution in [0.4, 0.5) is 0 Å². The molecule has 2 aliphatic heterocycles. The van der Waals surface area contributed by atoms with E-state index in [4.69, 9.17) is 11.6 Å². The van der Waals surface area contributed by atoms with Crippen molar-refractivity contribution in [1.82, 2.24) is 20.2 Å². The summed E-state index contributed by atoms with van der Waals surface area (Å²) in [5.74, 6) is -0.281. The quantitative estimate of drug-likeness (QED) is 0.714. The normalized spacial score (nSPS) is 31.6. The van der Waals surface area contributed by atoms with Crippen molar-refractivity contribution in [3.05, 3.63) is 23.8 Å². The molecule has 1 aromatic heterocycles. The van der Waals surface area contributed by atoms with Crippen LogP contribution < -0.4 is 5.32 Å². The second-order valence-corrected chi connectivity index (χ2v) is 5.09. The average Bonchev–Trinajstić information content (AvgIpc) is 2.64. The minimum atomic E-state index is -1.02. The first kappa shape index (κ1) is 11.8. The number of carbonyl (C=O) groups excluding carboxylic acids is 1. The molecule has 2 aliphatic rings. The number of nitrogens with one attached hydrogen (secondary N) is 1. The Kier molecular flexibility index (Phi) is 2.93. The van der Waals surface area contributed by atoms with Gasteiger partial charge in [-0.1, -0.05) is 0 Å². The number of fused-ring (bicyclic) bond motifs is 1. The maximum absolute atomic E-state index is 12.2. The summed E-state index contributed by atoms with van der Waals surface area (Å²) in [5, 5.41) is 13.4. The third kappa shape index (κ3) is 1.77. The van der Waals surface area contributed by atoms with Crippen molar-refractivity contribution >= 4 is 17.5 Å². The molecular formula is C11H13ClN4O2. The second-order valence-electron chi connectivity index (χ2n) is 4.47. The van der Waals surface area contributed by atoms with Crippen LogP contribution in [-0.4, -0.2) is 44.0 Å². The van der Waals surface area contributed by atoms with Crippen LogP contribution in [0.5, 0.6) is 0 Å². The van der Waals surface area contributed by atoms with E-state index < -0.39 is 6.23 Å². The third-order valence-corrected chi connectivity index (χ3v) is 3.71. The zero-order valence-corrected chi connectivity index (χ0v) is 10.3. The van der Waals surface area contributed by atoms with Crippen molar-refractivity contribution < 1.29 is 9.90 Å². The van der Waals surface area contributed by atoms with Gasteiger partial charge in [0.25, 0.3) is 5.91 Å². The van der Waals surface area contributed by atoms with Gasteiger partial charge in [-0.15, -0.1) is 11.6 Å². The number of piperidine rings is 1. The number of amides is 1. The zero-order valence-electron chi connectivity index (χ0n) is 9.58. The average molecular weight is 269 g/mol. The first-order valence-electron chi connectivity index (χ1n) is 5.87. The predicted octanol–water partition coefficient (Wildman–Crippen LogP) is 0.240. The lowest BCUT2D eigenvalue weighted by molar-refractivity contribution is -0.0178. The van der Waals surface area contributed by atoms with Gasteiger partial charge in [0.15, 0.2) is 11.9 Å². The monoisotopic (exact) mass is 268 g/mol. The molecule has 0 radical (unpaired) electrons. The van der Waals surface area contributed by atoms with Gasteiger partial charge in [0, 0.05) is 24.3 Å². The number of halogens is 1. The molecule has 3 rings (SSSR count). The standard InChI is InChI=1S/C11H13ClN4O2/c12-6-1-2-7(15-5-6)16-10(17)8-9(11(16)18)14-4-3-13-8/h3-4,6-7,10,15,17H,1-2,5H2/t6-,7-,10-/m0/s1. The number of rotatable bonds is 1. The molecule has 0 unspecified atom stereocenters. The van der Waals surface area contributed by atoms with Gasteiger partial charge in [0.2, 0.25) is 0 Å². The molecule has 1 aromatic rings. The molecule has 0 aliphatic carbocycles. The summed E-state index contributed by atoms with van der Waals surface area (Å²) in [6.45, 7) is 0.625. The van der Waals surface area contributed by atoms with Crippen molar-refractivity contribution in [1.29, 1.82) is 0 Å². The summed E-state index contributed by atoms with van der Waals surface area (Å²) in [6.07, 6.45) is 3.22. The van der Waals surface area contributed by atoms with Crippen LogP contribution in [0.2, 0.25) is 0 Å². The van der Waals surface area contributed by atoms with Gasteiger partial charge in [-0.2, -0.15) is 0 Å². The Bertz CT molecular complexity index is 476. The Morgan fingerprint density at radius 2 is 2.17 bits per heavy atom. The number of aliphatic hydroxyl groups is 1. The van der Waals surface area contributed by atoms with E-state index in [-0.39, 0.29) is 23.1 Å². The number of aliphatic hydroxyl groups excluding tert-OH is 1. The fraction of sp³-hybridized carbons (Fsp3) is 0.545. The first-order valence-corrected chi connectivity index (χ1v) is 6.31. The number of hydrogen-bond acceptors (Lipinski definition) is 5. The Morgan fingerprint density at radius 3 is 2.83 bits per heavy atom. The van der Waals surface area contributed by atoms with E-state index in [2.05, 4.69) is 15.3 Å². The minimum Gasteiger partial charge on any atom is -0.368 e. The zero-order chi connectivity index (χ0) is 12.7. The van der Waals surface area contributed by atoms with Crippen molar-refractivity contribution in [3.63, 3.8) is 0 Å². The van der Waals surface area contributed by atoms with Crippen LogP contribution in [-0.2, 0) is 0 Å². The smallest absolute Gasteiger partial charge is 0.278 e. The Balaban J connectivity index is 1.85. The van der Waals surface area contributed by atoms with E-state index in [0.29, 0.717) is 18.7 Å². The number of nitrogens with zero attached hydrogens (tertiary/aromatic N) is 3. The van der Waals surface area contributed by atoms with Gasteiger partial charge in [0.1, 0.15) is 5.69 Å². The van der Waals surface area contributed by atoms with E-state index in [1.165, 1.54) is 17.3 Å². The predicted molar refractivity (Wildman–Crippen MR) is 63.8 cm³/mol. The number of carbonyl (C=O) groups is 1. The van der Waals surface area contributed by atoms with Gasteiger partial charge in [0.05, 0.1) is 6.17 Å². The molecule has 1 saturated heterocycles. The van der Waals surface area contributed by atoms with Gasteiger partial charge < -0.3 is 5.11 Å². The summed E-state index contributed by atoms with van der Waals surface area (Å²) < 4.78 is 0. The van der Waals surface area contributed by atoms with Crippen molar-refractivity contribution in [2.45, 2.75) is 30.6 Å². The van der Waals surface area contributed by atoms with Crippen LogP contribution in [0.25, 0.3) is 0 Å². The topological polar surface area (TPSA) is 78.3 Å². The van der Waals surface area contributed by atoms with Crippen LogP contribution >= 0.6 is 11.6 Å². The minimum absolute atomic E-state index is 0.0784. The summed E-state index contributed by atoms with van der Waals surface area (Å²) >= 11 is 6.00. The van der Waals surface area contributed by atoms with Crippen molar-refractivity contribution in [3.8, 4) is 0 Å². The maximum Gasteiger partial charge on any atom is 0.278 e. The largest absolute Gasteiger partial charge is 0.368 e. The second kappa shape index (κ2) is 4.46. The molecule has 96 valence electrons. The molecule has 6 nitrogen and oxygen atoms in total. The lowest BCUT2D eigenvalue weighted by Crippen LogP contribution is -2.52. The SMILES string of the molecule is O=C1c2nccnc2[C@H](O)N1[C@H]1CC[C@H](Cl)CN1. The van der Waals surface area contributed by atoms with Crippen molar-refractivity contribution in [2.75, 3.05) is 6.54 Å². The highest BCUT2D eigenvalue weighted by atomic mass is 35.5. The number of aromatic nitrogens is 2.